The molecule has 0 unspecified atom stereocenters. The van der Waals surface area contributed by atoms with Crippen molar-refractivity contribution in [2.75, 3.05) is 12.8 Å². The van der Waals surface area contributed by atoms with Crippen molar-refractivity contribution in [2.45, 2.75) is 6.92 Å². The van der Waals surface area contributed by atoms with E-state index in [0.717, 1.165) is 16.9 Å². The van der Waals surface area contributed by atoms with E-state index < -0.39 is 5.69 Å². The monoisotopic (exact) mass is 231 g/mol. The summed E-state index contributed by atoms with van der Waals surface area (Å²) >= 11 is 0. The molecule has 0 aliphatic carbocycles. The Bertz CT molecular complexity index is 605. The minimum Gasteiger partial charge on any atom is -0.496 e. The van der Waals surface area contributed by atoms with Crippen LogP contribution in [0.25, 0.3) is 11.3 Å². The van der Waals surface area contributed by atoms with E-state index in [2.05, 4.69) is 9.97 Å². The first-order chi connectivity index (χ1) is 8.10. The summed E-state index contributed by atoms with van der Waals surface area (Å²) in [5.41, 5.74) is 7.59. The lowest BCUT2D eigenvalue weighted by atomic mass is 10.1. The van der Waals surface area contributed by atoms with Crippen LogP contribution in [-0.4, -0.2) is 17.1 Å². The van der Waals surface area contributed by atoms with Crippen LogP contribution in [0, 0.1) is 6.92 Å². The van der Waals surface area contributed by atoms with Gasteiger partial charge in [-0.1, -0.05) is 0 Å². The number of ether oxygens (including phenoxy) is 1. The maximum Gasteiger partial charge on any atom is 0.347 e. The van der Waals surface area contributed by atoms with Gasteiger partial charge < -0.3 is 15.5 Å². The zero-order valence-electron chi connectivity index (χ0n) is 9.65. The second kappa shape index (κ2) is 4.29. The van der Waals surface area contributed by atoms with Gasteiger partial charge in [0.15, 0.2) is 0 Å². The lowest BCUT2D eigenvalue weighted by Crippen LogP contribution is -2.13. The third-order valence-corrected chi connectivity index (χ3v) is 2.47. The smallest absolute Gasteiger partial charge is 0.347 e. The molecule has 88 valence electrons. The number of benzene rings is 1. The van der Waals surface area contributed by atoms with Crippen molar-refractivity contribution in [3.8, 4) is 17.0 Å². The highest BCUT2D eigenvalue weighted by Crippen LogP contribution is 2.24. The number of H-pyrrole nitrogens is 1. The van der Waals surface area contributed by atoms with Crippen molar-refractivity contribution in [2.24, 2.45) is 0 Å². The van der Waals surface area contributed by atoms with Gasteiger partial charge in [-0.25, -0.2) is 4.79 Å². The summed E-state index contributed by atoms with van der Waals surface area (Å²) in [4.78, 5) is 17.4. The molecule has 1 aromatic heterocycles. The van der Waals surface area contributed by atoms with Crippen LogP contribution >= 0.6 is 0 Å². The van der Waals surface area contributed by atoms with Gasteiger partial charge in [-0.2, -0.15) is 4.98 Å². The van der Waals surface area contributed by atoms with Gasteiger partial charge in [-0.05, 0) is 36.2 Å². The Balaban J connectivity index is 2.53. The Morgan fingerprint density at radius 3 is 2.71 bits per heavy atom. The third kappa shape index (κ3) is 2.28. The fourth-order valence-corrected chi connectivity index (χ4v) is 1.68. The molecule has 0 spiro atoms. The Morgan fingerprint density at radius 2 is 2.12 bits per heavy atom. The second-order valence-corrected chi connectivity index (χ2v) is 3.71. The summed E-state index contributed by atoms with van der Waals surface area (Å²) < 4.78 is 5.17. The molecule has 17 heavy (non-hydrogen) atoms. The quantitative estimate of drug-likeness (QED) is 0.817. The van der Waals surface area contributed by atoms with Gasteiger partial charge in [-0.15, -0.1) is 0 Å². The molecular formula is C12H13N3O2. The molecule has 0 fully saturated rings. The predicted octanol–water partition coefficient (Wildman–Crippen LogP) is 1.34. The SMILES string of the molecule is COc1ccc(-c2cc(N)nc(=O)[nH]2)cc1C. The lowest BCUT2D eigenvalue weighted by molar-refractivity contribution is 0.412. The molecule has 5 nitrogen and oxygen atoms in total. The summed E-state index contributed by atoms with van der Waals surface area (Å²) in [6.45, 7) is 1.94. The predicted molar refractivity (Wildman–Crippen MR) is 66.0 cm³/mol. The summed E-state index contributed by atoms with van der Waals surface area (Å²) in [6, 6.07) is 7.25. The highest BCUT2D eigenvalue weighted by molar-refractivity contribution is 5.63. The van der Waals surface area contributed by atoms with Crippen LogP contribution in [0.1, 0.15) is 5.56 Å². The van der Waals surface area contributed by atoms with E-state index in [1.54, 1.807) is 13.2 Å². The van der Waals surface area contributed by atoms with Crippen LogP contribution in [0.2, 0.25) is 0 Å². The van der Waals surface area contributed by atoms with Crippen molar-refractivity contribution in [1.82, 2.24) is 9.97 Å². The standard InChI is InChI=1S/C12H13N3O2/c1-7-5-8(3-4-10(7)17-2)9-6-11(13)15-12(16)14-9/h3-6H,1-2H3,(H3,13,14,15,16). The molecule has 3 N–H and O–H groups in total. The number of nitrogens with zero attached hydrogens (tertiary/aromatic N) is 1. The molecule has 0 saturated heterocycles. The molecule has 0 aliphatic heterocycles. The maximum absolute atomic E-state index is 11.2. The molecule has 2 aromatic rings. The average Bonchev–Trinajstić information content (AvgIpc) is 2.27. The van der Waals surface area contributed by atoms with Crippen molar-refractivity contribution in [3.05, 3.63) is 40.3 Å². The van der Waals surface area contributed by atoms with E-state index in [-0.39, 0.29) is 5.82 Å². The molecule has 1 heterocycles. The van der Waals surface area contributed by atoms with Gasteiger partial charge in [0.1, 0.15) is 11.6 Å². The summed E-state index contributed by atoms with van der Waals surface area (Å²) in [5, 5.41) is 0. The van der Waals surface area contributed by atoms with Gasteiger partial charge in [0, 0.05) is 6.07 Å². The minimum atomic E-state index is -0.450. The number of nitrogens with two attached hydrogens (primary N) is 1. The number of hydrogen-bond donors (Lipinski definition) is 2. The maximum atomic E-state index is 11.2. The molecule has 2 rings (SSSR count). The normalized spacial score (nSPS) is 10.2. The topological polar surface area (TPSA) is 81.0 Å². The number of rotatable bonds is 2. The number of anilines is 1. The van der Waals surface area contributed by atoms with Gasteiger partial charge in [0.2, 0.25) is 0 Å². The van der Waals surface area contributed by atoms with E-state index >= 15 is 0 Å². The highest BCUT2D eigenvalue weighted by atomic mass is 16.5. The molecule has 5 heteroatoms. The van der Waals surface area contributed by atoms with Crippen molar-refractivity contribution in [1.29, 1.82) is 0 Å². The summed E-state index contributed by atoms with van der Waals surface area (Å²) in [7, 11) is 1.62. The number of aryl methyl sites for hydroxylation is 1. The van der Waals surface area contributed by atoms with E-state index in [4.69, 9.17) is 10.5 Å². The highest BCUT2D eigenvalue weighted by Gasteiger charge is 2.04. The van der Waals surface area contributed by atoms with Crippen LogP contribution in [0.5, 0.6) is 5.75 Å². The number of aromatic amines is 1. The zero-order chi connectivity index (χ0) is 12.4. The average molecular weight is 231 g/mol. The molecule has 0 saturated carbocycles. The van der Waals surface area contributed by atoms with Gasteiger partial charge in [-0.3, -0.25) is 0 Å². The van der Waals surface area contributed by atoms with E-state index in [0.29, 0.717) is 5.69 Å². The Hall–Kier alpha value is -2.30. The summed E-state index contributed by atoms with van der Waals surface area (Å²) in [6.07, 6.45) is 0. The first kappa shape index (κ1) is 11.2. The molecule has 0 bridgehead atoms. The van der Waals surface area contributed by atoms with Crippen LogP contribution in [-0.2, 0) is 0 Å². The van der Waals surface area contributed by atoms with E-state index in [1.165, 1.54) is 0 Å². The Morgan fingerprint density at radius 1 is 1.35 bits per heavy atom. The molecule has 0 radical (unpaired) electrons. The molecule has 0 aliphatic rings. The van der Waals surface area contributed by atoms with E-state index in [9.17, 15) is 4.79 Å². The number of hydrogen-bond acceptors (Lipinski definition) is 4. The number of aromatic nitrogens is 2. The van der Waals surface area contributed by atoms with Crippen molar-refractivity contribution in [3.63, 3.8) is 0 Å². The lowest BCUT2D eigenvalue weighted by Gasteiger charge is -2.07. The Labute approximate surface area is 98.3 Å². The van der Waals surface area contributed by atoms with E-state index in [1.807, 2.05) is 25.1 Å². The van der Waals surface area contributed by atoms with Crippen LogP contribution in [0.4, 0.5) is 5.82 Å². The Kier molecular flexibility index (Phi) is 2.82. The second-order valence-electron chi connectivity index (χ2n) is 3.71. The summed E-state index contributed by atoms with van der Waals surface area (Å²) in [5.74, 6) is 1.01. The van der Waals surface area contributed by atoms with Crippen molar-refractivity contribution < 1.29 is 4.74 Å². The van der Waals surface area contributed by atoms with Crippen molar-refractivity contribution >= 4 is 5.82 Å². The van der Waals surface area contributed by atoms with Crippen LogP contribution in [0.3, 0.4) is 0 Å². The largest absolute Gasteiger partial charge is 0.496 e. The number of methoxy groups -OCH3 is 1. The van der Waals surface area contributed by atoms with Gasteiger partial charge in [0.05, 0.1) is 12.8 Å². The number of nitrogen functional groups attached to an aromatic ring is 1. The molecule has 0 amide bonds. The fraction of sp³-hybridized carbons (Fsp3) is 0.167. The van der Waals surface area contributed by atoms with Crippen LogP contribution < -0.4 is 16.2 Å². The van der Waals surface area contributed by atoms with Gasteiger partial charge >= 0.3 is 5.69 Å². The zero-order valence-corrected chi connectivity index (χ0v) is 9.65. The molecule has 0 atom stereocenters. The fourth-order valence-electron chi connectivity index (χ4n) is 1.68. The van der Waals surface area contributed by atoms with Gasteiger partial charge in [0.25, 0.3) is 0 Å². The minimum absolute atomic E-state index is 0.206. The third-order valence-electron chi connectivity index (χ3n) is 2.47. The molecular weight excluding hydrogens is 218 g/mol. The van der Waals surface area contributed by atoms with Crippen LogP contribution in [0.15, 0.2) is 29.1 Å². The first-order valence-electron chi connectivity index (χ1n) is 5.12. The first-order valence-corrected chi connectivity index (χ1v) is 5.12. The molecule has 1 aromatic carbocycles. The number of nitrogens with one attached hydrogen (secondary N) is 1.